The Labute approximate surface area is 197 Å². The summed E-state index contributed by atoms with van der Waals surface area (Å²) in [6.07, 6.45) is -10.3. The lowest BCUT2D eigenvalue weighted by Crippen LogP contribution is -2.48. The number of nitrogens with one attached hydrogen (secondary N) is 2. The van der Waals surface area contributed by atoms with Gasteiger partial charge in [0.05, 0.1) is 24.6 Å². The number of methoxy groups -OCH3 is 1. The van der Waals surface area contributed by atoms with Crippen LogP contribution in [0.25, 0.3) is 0 Å². The fourth-order valence-electron chi connectivity index (χ4n) is 2.96. The Morgan fingerprint density at radius 3 is 2.29 bits per heavy atom. The average molecular weight is 513 g/mol. The van der Waals surface area contributed by atoms with Crippen LogP contribution in [-0.2, 0) is 27.9 Å². The zero-order valence-corrected chi connectivity index (χ0v) is 18.9. The van der Waals surface area contributed by atoms with Crippen molar-refractivity contribution in [2.75, 3.05) is 19.0 Å². The molecule has 34 heavy (non-hydrogen) atoms. The van der Waals surface area contributed by atoms with Crippen LogP contribution in [-0.4, -0.2) is 36.9 Å². The quantitative estimate of drug-likeness (QED) is 0.401. The molecular weight excluding hydrogens is 490 g/mol. The van der Waals surface area contributed by atoms with E-state index in [1.807, 2.05) is 0 Å². The third kappa shape index (κ3) is 7.00. The lowest BCUT2D eigenvalue weighted by molar-refractivity contribution is -0.260. The van der Waals surface area contributed by atoms with Gasteiger partial charge in [0.2, 0.25) is 11.5 Å². The summed E-state index contributed by atoms with van der Waals surface area (Å²) in [5.41, 5.74) is -5.32. The van der Waals surface area contributed by atoms with Crippen molar-refractivity contribution in [2.24, 2.45) is 0 Å². The minimum absolute atomic E-state index is 0.0606. The molecule has 0 spiro atoms. The Hall–Kier alpha value is -2.50. The van der Waals surface area contributed by atoms with E-state index in [1.54, 1.807) is 6.92 Å². The minimum Gasteiger partial charge on any atom is -0.381 e. The molecule has 0 aliphatic carbocycles. The van der Waals surface area contributed by atoms with Crippen molar-refractivity contribution in [1.29, 1.82) is 0 Å². The van der Waals surface area contributed by atoms with Crippen molar-refractivity contribution < 1.29 is 41.0 Å². The van der Waals surface area contributed by atoms with Gasteiger partial charge in [-0.15, -0.1) is 0 Å². The van der Waals surface area contributed by atoms with E-state index in [4.69, 9.17) is 16.3 Å². The van der Waals surface area contributed by atoms with E-state index >= 15 is 0 Å². The molecule has 188 valence electrons. The Kier molecular flexibility index (Phi) is 8.84. The topological polar surface area (TPSA) is 70.6 Å². The van der Waals surface area contributed by atoms with Gasteiger partial charge in [-0.2, -0.15) is 26.3 Å². The standard InChI is InChI=1S/C22H23ClF6N2O3/c1-13(34-2)8-19(32)30-11-14-6-7-17(10-18(14)23)31-12-20(33,22(27,28)29)15-4-3-5-16(9-15)21(24,25)26/h3-7,9-10,13,31,33H,8,11-12H2,1-2H3,(H,30,32)/t13-,20-/m1/s1. The smallest absolute Gasteiger partial charge is 0.381 e. The first-order chi connectivity index (χ1) is 15.7. The second kappa shape index (κ2) is 10.8. The summed E-state index contributed by atoms with van der Waals surface area (Å²) >= 11 is 6.15. The first-order valence-electron chi connectivity index (χ1n) is 9.96. The van der Waals surface area contributed by atoms with E-state index < -0.39 is 35.6 Å². The molecule has 2 aromatic rings. The molecule has 0 aliphatic rings. The molecule has 2 aromatic carbocycles. The Balaban J connectivity index is 2.16. The number of hydrogen-bond acceptors (Lipinski definition) is 4. The highest BCUT2D eigenvalue weighted by Gasteiger charge is 2.55. The van der Waals surface area contributed by atoms with Gasteiger partial charge in [-0.05, 0) is 42.3 Å². The zero-order chi connectivity index (χ0) is 25.7. The molecule has 0 fully saturated rings. The predicted octanol–water partition coefficient (Wildman–Crippen LogP) is 5.26. The molecule has 0 radical (unpaired) electrons. The lowest BCUT2D eigenvalue weighted by atomic mass is 9.91. The van der Waals surface area contributed by atoms with Gasteiger partial charge >= 0.3 is 12.4 Å². The SMILES string of the molecule is CO[C@H](C)CC(=O)NCc1ccc(NC[C@@](O)(c2cccc(C(F)(F)F)c2)C(F)(F)F)cc1Cl. The molecule has 0 unspecified atom stereocenters. The molecule has 2 atom stereocenters. The maximum absolute atomic E-state index is 13.7. The number of ether oxygens (including phenoxy) is 1. The van der Waals surface area contributed by atoms with Gasteiger partial charge in [-0.3, -0.25) is 4.79 Å². The van der Waals surface area contributed by atoms with Crippen LogP contribution in [0.1, 0.15) is 30.0 Å². The number of hydrogen-bond donors (Lipinski definition) is 3. The van der Waals surface area contributed by atoms with Crippen LogP contribution in [0.3, 0.4) is 0 Å². The summed E-state index contributed by atoms with van der Waals surface area (Å²) in [5, 5.41) is 15.5. The van der Waals surface area contributed by atoms with E-state index in [9.17, 15) is 36.2 Å². The second-order valence-corrected chi connectivity index (χ2v) is 8.03. The molecule has 1 amide bonds. The van der Waals surface area contributed by atoms with Crippen molar-refractivity contribution in [1.82, 2.24) is 5.32 Å². The van der Waals surface area contributed by atoms with E-state index in [1.165, 1.54) is 25.3 Å². The van der Waals surface area contributed by atoms with Gasteiger partial charge in [0.25, 0.3) is 0 Å². The molecule has 0 saturated carbocycles. The molecule has 0 bridgehead atoms. The van der Waals surface area contributed by atoms with Crippen LogP contribution in [0.5, 0.6) is 0 Å². The molecule has 0 aromatic heterocycles. The van der Waals surface area contributed by atoms with Crippen LogP contribution in [0.2, 0.25) is 5.02 Å². The summed E-state index contributed by atoms with van der Waals surface area (Å²) in [6.45, 7) is 0.610. The van der Waals surface area contributed by atoms with Crippen LogP contribution < -0.4 is 10.6 Å². The summed E-state index contributed by atoms with van der Waals surface area (Å²) in [4.78, 5) is 11.8. The van der Waals surface area contributed by atoms with E-state index in [-0.39, 0.29) is 41.8 Å². The molecule has 12 heteroatoms. The van der Waals surface area contributed by atoms with Crippen molar-refractivity contribution in [2.45, 2.75) is 43.9 Å². The van der Waals surface area contributed by atoms with Crippen molar-refractivity contribution in [3.8, 4) is 0 Å². The number of aliphatic hydroxyl groups is 1. The van der Waals surface area contributed by atoms with E-state index in [0.29, 0.717) is 11.6 Å². The summed E-state index contributed by atoms with van der Waals surface area (Å²) in [7, 11) is 1.47. The van der Waals surface area contributed by atoms with Crippen molar-refractivity contribution in [3.05, 3.63) is 64.2 Å². The molecule has 5 nitrogen and oxygen atoms in total. The van der Waals surface area contributed by atoms with Crippen LogP contribution in [0, 0.1) is 0 Å². The number of carbonyl (C=O) groups excluding carboxylic acids is 1. The Morgan fingerprint density at radius 2 is 1.74 bits per heavy atom. The fraction of sp³-hybridized carbons (Fsp3) is 0.409. The highest BCUT2D eigenvalue weighted by atomic mass is 35.5. The number of amides is 1. The summed E-state index contributed by atoms with van der Waals surface area (Å²) in [6, 6.07) is 6.55. The van der Waals surface area contributed by atoms with Gasteiger partial charge in [0.15, 0.2) is 0 Å². The van der Waals surface area contributed by atoms with Gasteiger partial charge < -0.3 is 20.5 Å². The molecular formula is C22H23ClF6N2O3. The third-order valence-electron chi connectivity index (χ3n) is 5.09. The maximum Gasteiger partial charge on any atom is 0.423 e. The Bertz CT molecular complexity index is 999. The highest BCUT2D eigenvalue weighted by Crippen LogP contribution is 2.41. The van der Waals surface area contributed by atoms with Crippen molar-refractivity contribution >= 4 is 23.2 Å². The number of carbonyl (C=O) groups is 1. The van der Waals surface area contributed by atoms with Gasteiger partial charge in [-0.1, -0.05) is 29.8 Å². The second-order valence-electron chi connectivity index (χ2n) is 7.62. The van der Waals surface area contributed by atoms with Crippen LogP contribution in [0.4, 0.5) is 32.0 Å². The van der Waals surface area contributed by atoms with Crippen molar-refractivity contribution in [3.63, 3.8) is 0 Å². The number of benzene rings is 2. The maximum atomic E-state index is 13.7. The average Bonchev–Trinajstić information content (AvgIpc) is 2.75. The van der Waals surface area contributed by atoms with Gasteiger partial charge in [0, 0.05) is 24.4 Å². The van der Waals surface area contributed by atoms with Crippen LogP contribution in [0.15, 0.2) is 42.5 Å². The van der Waals surface area contributed by atoms with E-state index in [0.717, 1.165) is 12.1 Å². The fourth-order valence-corrected chi connectivity index (χ4v) is 3.21. The normalized spacial score (nSPS) is 14.9. The van der Waals surface area contributed by atoms with Gasteiger partial charge in [-0.25, -0.2) is 0 Å². The Morgan fingerprint density at radius 1 is 1.09 bits per heavy atom. The monoisotopic (exact) mass is 512 g/mol. The molecule has 0 aliphatic heterocycles. The number of anilines is 1. The van der Waals surface area contributed by atoms with Crippen LogP contribution >= 0.6 is 11.6 Å². The number of rotatable bonds is 9. The predicted molar refractivity (Wildman–Crippen MR) is 114 cm³/mol. The molecule has 0 heterocycles. The largest absolute Gasteiger partial charge is 0.423 e. The third-order valence-corrected chi connectivity index (χ3v) is 5.44. The molecule has 0 saturated heterocycles. The summed E-state index contributed by atoms with van der Waals surface area (Å²) < 4.78 is 85.0. The minimum atomic E-state index is -5.28. The van der Waals surface area contributed by atoms with E-state index in [2.05, 4.69) is 10.6 Å². The molecule has 3 N–H and O–H groups in total. The first kappa shape index (κ1) is 27.7. The first-order valence-corrected chi connectivity index (χ1v) is 10.3. The number of halogens is 7. The summed E-state index contributed by atoms with van der Waals surface area (Å²) in [5.74, 6) is -0.288. The lowest BCUT2D eigenvalue weighted by Gasteiger charge is -2.32. The van der Waals surface area contributed by atoms with Gasteiger partial charge in [0.1, 0.15) is 0 Å². The highest BCUT2D eigenvalue weighted by molar-refractivity contribution is 6.31. The zero-order valence-electron chi connectivity index (χ0n) is 18.1. The number of alkyl halides is 6. The molecule has 2 rings (SSSR count).